The second-order valence-corrected chi connectivity index (χ2v) is 5.82. The highest BCUT2D eigenvalue weighted by molar-refractivity contribution is 7.89. The summed E-state index contributed by atoms with van der Waals surface area (Å²) in [6, 6.07) is 3.42. The molecule has 9 heteroatoms. The Hall–Kier alpha value is -1.68. The fourth-order valence-electron chi connectivity index (χ4n) is 1.64. The van der Waals surface area contributed by atoms with Crippen LogP contribution in [0.1, 0.15) is 10.4 Å². The smallest absolute Gasteiger partial charge is 0.337 e. The molecule has 0 amide bonds. The van der Waals surface area contributed by atoms with Gasteiger partial charge in [0.05, 0.1) is 23.7 Å². The number of nitrogens with zero attached hydrogens (tertiary/aromatic N) is 1. The molecule has 5 N–H and O–H groups in total. The molecule has 0 aliphatic rings. The van der Waals surface area contributed by atoms with Gasteiger partial charge in [-0.25, -0.2) is 13.2 Å². The summed E-state index contributed by atoms with van der Waals surface area (Å²) >= 11 is 0. The number of rotatable bonds is 7. The number of aromatic carboxylic acids is 1. The minimum absolute atomic E-state index is 0.0986. The molecule has 0 aliphatic carbocycles. The average molecular weight is 304 g/mol. The van der Waals surface area contributed by atoms with Gasteiger partial charge in [0, 0.05) is 18.8 Å². The van der Waals surface area contributed by atoms with Crippen molar-refractivity contribution in [3.63, 3.8) is 0 Å². The molecule has 0 atom stereocenters. The van der Waals surface area contributed by atoms with Crippen molar-refractivity contribution in [3.05, 3.63) is 23.8 Å². The summed E-state index contributed by atoms with van der Waals surface area (Å²) in [5.74, 6) is -1.41. The third kappa shape index (κ3) is 3.45. The van der Waals surface area contributed by atoms with E-state index in [2.05, 4.69) is 0 Å². The van der Waals surface area contributed by atoms with E-state index in [0.29, 0.717) is 0 Å². The van der Waals surface area contributed by atoms with E-state index in [1.54, 1.807) is 0 Å². The first-order valence-electron chi connectivity index (χ1n) is 5.69. The lowest BCUT2D eigenvalue weighted by Gasteiger charge is -2.21. The standard InChI is InChI=1S/C11H16N2O6S/c12-8-1-2-9(11(16)17)10(7-8)20(18,19)13(3-5-14)4-6-15/h1-2,7,14-15H,3-6,12H2,(H,16,17). The maximum absolute atomic E-state index is 12.4. The van der Waals surface area contributed by atoms with Gasteiger partial charge in [-0.3, -0.25) is 0 Å². The number of carbonyl (C=O) groups is 1. The van der Waals surface area contributed by atoms with Gasteiger partial charge in [-0.15, -0.1) is 0 Å². The summed E-state index contributed by atoms with van der Waals surface area (Å²) in [5.41, 5.74) is 5.18. The van der Waals surface area contributed by atoms with E-state index in [-0.39, 0.29) is 18.8 Å². The lowest BCUT2D eigenvalue weighted by atomic mass is 10.2. The molecular weight excluding hydrogens is 288 g/mol. The minimum atomic E-state index is -4.17. The summed E-state index contributed by atoms with van der Waals surface area (Å²) in [4.78, 5) is 10.6. The molecule has 0 bridgehead atoms. The van der Waals surface area contributed by atoms with Gasteiger partial charge in [-0.1, -0.05) is 0 Å². The van der Waals surface area contributed by atoms with Gasteiger partial charge >= 0.3 is 5.97 Å². The quantitative estimate of drug-likeness (QED) is 0.470. The van der Waals surface area contributed by atoms with Crippen LogP contribution < -0.4 is 5.73 Å². The topological polar surface area (TPSA) is 141 Å². The lowest BCUT2D eigenvalue weighted by Crippen LogP contribution is -2.36. The zero-order chi connectivity index (χ0) is 15.3. The molecule has 112 valence electrons. The van der Waals surface area contributed by atoms with Crippen molar-refractivity contribution in [2.45, 2.75) is 4.90 Å². The Morgan fingerprint density at radius 2 is 1.75 bits per heavy atom. The van der Waals surface area contributed by atoms with Gasteiger partial charge in [0.25, 0.3) is 0 Å². The number of carboxylic acid groups (broad SMARTS) is 1. The Labute approximate surface area is 116 Å². The van der Waals surface area contributed by atoms with Crippen molar-refractivity contribution in [3.8, 4) is 0 Å². The Kier molecular flexibility index (Phi) is 5.45. The van der Waals surface area contributed by atoms with Crippen LogP contribution in [0.5, 0.6) is 0 Å². The molecule has 1 rings (SSSR count). The number of nitrogens with two attached hydrogens (primary N) is 1. The highest BCUT2D eigenvalue weighted by Gasteiger charge is 2.28. The summed E-state index contributed by atoms with van der Waals surface area (Å²) in [6.45, 7) is -1.42. The summed E-state index contributed by atoms with van der Waals surface area (Å²) in [7, 11) is -4.17. The van der Waals surface area contributed by atoms with Crippen LogP contribution in [0.4, 0.5) is 5.69 Å². The molecular formula is C11H16N2O6S. The van der Waals surface area contributed by atoms with Gasteiger partial charge in [0.2, 0.25) is 10.0 Å². The minimum Gasteiger partial charge on any atom is -0.478 e. The predicted molar refractivity (Wildman–Crippen MR) is 70.7 cm³/mol. The Balaban J connectivity index is 3.39. The molecule has 0 saturated heterocycles. The number of anilines is 1. The zero-order valence-electron chi connectivity index (χ0n) is 10.6. The Morgan fingerprint density at radius 3 is 2.20 bits per heavy atom. The Bertz CT molecular complexity index is 581. The normalized spacial score (nSPS) is 11.8. The average Bonchev–Trinajstić information content (AvgIpc) is 2.38. The first kappa shape index (κ1) is 16.4. The van der Waals surface area contributed by atoms with Crippen molar-refractivity contribution in [1.29, 1.82) is 0 Å². The van der Waals surface area contributed by atoms with Crippen molar-refractivity contribution in [1.82, 2.24) is 4.31 Å². The number of aliphatic hydroxyl groups excluding tert-OH is 2. The van der Waals surface area contributed by atoms with E-state index in [1.165, 1.54) is 6.07 Å². The van der Waals surface area contributed by atoms with E-state index < -0.39 is 39.7 Å². The number of hydrogen-bond donors (Lipinski definition) is 4. The molecule has 0 radical (unpaired) electrons. The number of benzene rings is 1. The van der Waals surface area contributed by atoms with E-state index in [4.69, 9.17) is 21.1 Å². The highest BCUT2D eigenvalue weighted by Crippen LogP contribution is 2.23. The molecule has 0 saturated carbocycles. The van der Waals surface area contributed by atoms with Crippen LogP contribution >= 0.6 is 0 Å². The molecule has 0 aromatic heterocycles. The van der Waals surface area contributed by atoms with Crippen LogP contribution in [0, 0.1) is 0 Å². The number of aliphatic hydroxyl groups is 2. The maximum Gasteiger partial charge on any atom is 0.337 e. The number of sulfonamides is 1. The van der Waals surface area contributed by atoms with E-state index in [1.807, 2.05) is 0 Å². The highest BCUT2D eigenvalue weighted by atomic mass is 32.2. The zero-order valence-corrected chi connectivity index (χ0v) is 11.4. The number of hydrogen-bond acceptors (Lipinski definition) is 6. The molecule has 20 heavy (non-hydrogen) atoms. The fraction of sp³-hybridized carbons (Fsp3) is 0.364. The van der Waals surface area contributed by atoms with Crippen molar-refractivity contribution < 1.29 is 28.5 Å². The van der Waals surface area contributed by atoms with Crippen LogP contribution in [0.3, 0.4) is 0 Å². The van der Waals surface area contributed by atoms with Gasteiger partial charge in [0.15, 0.2) is 0 Å². The second-order valence-electron chi connectivity index (χ2n) is 3.91. The third-order valence-corrected chi connectivity index (χ3v) is 4.49. The molecule has 0 spiro atoms. The van der Waals surface area contributed by atoms with Gasteiger partial charge < -0.3 is 21.1 Å². The monoisotopic (exact) mass is 304 g/mol. The summed E-state index contributed by atoms with van der Waals surface area (Å²) < 4.78 is 25.5. The molecule has 0 fully saturated rings. The van der Waals surface area contributed by atoms with E-state index in [0.717, 1.165) is 16.4 Å². The van der Waals surface area contributed by atoms with Crippen LogP contribution in [-0.4, -0.2) is 60.3 Å². The number of nitrogen functional groups attached to an aromatic ring is 1. The molecule has 0 aliphatic heterocycles. The number of carboxylic acids is 1. The molecule has 0 unspecified atom stereocenters. The van der Waals surface area contributed by atoms with Crippen molar-refractivity contribution in [2.24, 2.45) is 0 Å². The van der Waals surface area contributed by atoms with Crippen molar-refractivity contribution >= 4 is 21.7 Å². The van der Waals surface area contributed by atoms with Crippen molar-refractivity contribution in [2.75, 3.05) is 32.0 Å². The SMILES string of the molecule is Nc1ccc(C(=O)O)c(S(=O)(=O)N(CCO)CCO)c1. The second kappa shape index (κ2) is 6.66. The van der Waals surface area contributed by atoms with Crippen LogP contribution in [0.15, 0.2) is 23.1 Å². The molecule has 8 nitrogen and oxygen atoms in total. The fourth-order valence-corrected chi connectivity index (χ4v) is 3.28. The van der Waals surface area contributed by atoms with Crippen LogP contribution in [0.25, 0.3) is 0 Å². The first-order valence-corrected chi connectivity index (χ1v) is 7.13. The van der Waals surface area contributed by atoms with Gasteiger partial charge in [-0.2, -0.15) is 4.31 Å². The predicted octanol–water partition coefficient (Wildman–Crippen LogP) is -1.06. The summed E-state index contributed by atoms with van der Waals surface area (Å²) in [6.07, 6.45) is 0. The van der Waals surface area contributed by atoms with Gasteiger partial charge in [-0.05, 0) is 18.2 Å². The largest absolute Gasteiger partial charge is 0.478 e. The van der Waals surface area contributed by atoms with E-state index >= 15 is 0 Å². The Morgan fingerprint density at radius 1 is 1.20 bits per heavy atom. The van der Waals surface area contributed by atoms with Gasteiger partial charge in [0.1, 0.15) is 0 Å². The molecule has 1 aromatic carbocycles. The maximum atomic E-state index is 12.4. The lowest BCUT2D eigenvalue weighted by molar-refractivity contribution is 0.0692. The first-order chi connectivity index (χ1) is 9.34. The molecule has 1 aromatic rings. The summed E-state index contributed by atoms with van der Waals surface area (Å²) in [5, 5.41) is 26.8. The third-order valence-electron chi connectivity index (χ3n) is 2.55. The molecule has 0 heterocycles. The van der Waals surface area contributed by atoms with E-state index in [9.17, 15) is 13.2 Å². The van der Waals surface area contributed by atoms with Crippen LogP contribution in [-0.2, 0) is 10.0 Å². The van der Waals surface area contributed by atoms with Crippen LogP contribution in [0.2, 0.25) is 0 Å².